The lowest BCUT2D eigenvalue weighted by atomic mass is 9.85. The summed E-state index contributed by atoms with van der Waals surface area (Å²) in [5.41, 5.74) is 3.78. The Hall–Kier alpha value is -2.60. The maximum atomic E-state index is 10.7. The summed E-state index contributed by atoms with van der Waals surface area (Å²) in [7, 11) is 0. The summed E-state index contributed by atoms with van der Waals surface area (Å²) >= 11 is 5.99. The molecule has 0 radical (unpaired) electrons. The van der Waals surface area contributed by atoms with Crippen molar-refractivity contribution in [3.05, 3.63) is 46.5 Å². The van der Waals surface area contributed by atoms with E-state index in [0.29, 0.717) is 16.2 Å². The molecule has 0 aliphatic carbocycles. The molecule has 0 unspecified atom stereocenters. The van der Waals surface area contributed by atoms with Crippen LogP contribution >= 0.6 is 11.6 Å². The van der Waals surface area contributed by atoms with E-state index >= 15 is 0 Å². The number of aliphatic carboxylic acids is 1. The Bertz CT molecular complexity index is 955. The molecule has 26 heavy (non-hydrogen) atoms. The third-order valence-corrected chi connectivity index (χ3v) is 3.84. The predicted octanol–water partition coefficient (Wildman–Crippen LogP) is 4.48. The number of aryl methyl sites for hydroxylation is 1. The molecule has 0 aliphatic rings. The molecule has 138 valence electrons. The number of hydrogen-bond acceptors (Lipinski definition) is 4. The number of rotatable bonds is 1. The zero-order valence-electron chi connectivity index (χ0n) is 15.4. The van der Waals surface area contributed by atoms with Gasteiger partial charge in [0.15, 0.2) is 0 Å². The van der Waals surface area contributed by atoms with E-state index in [1.165, 1.54) is 4.80 Å². The SMILES string of the molecule is CC(=O)O.Cc1cc(-n2nc3ccc(Cl)cc3n2)c(O)c(C(C)(C)C)c1. The average Bonchev–Trinajstić information content (AvgIpc) is 2.90. The van der Waals surface area contributed by atoms with Gasteiger partial charge in [-0.15, -0.1) is 15.0 Å². The largest absolute Gasteiger partial charge is 0.505 e. The number of carboxylic acids is 1. The monoisotopic (exact) mass is 375 g/mol. The van der Waals surface area contributed by atoms with E-state index in [9.17, 15) is 5.11 Å². The smallest absolute Gasteiger partial charge is 0.300 e. The number of nitrogens with zero attached hydrogens (tertiary/aromatic N) is 3. The number of carboxylic acid groups (broad SMARTS) is 1. The number of benzene rings is 2. The molecular weight excluding hydrogens is 354 g/mol. The fraction of sp³-hybridized carbons (Fsp3) is 0.316. The first-order valence-electron chi connectivity index (χ1n) is 8.05. The molecule has 3 aromatic rings. The zero-order valence-corrected chi connectivity index (χ0v) is 16.2. The van der Waals surface area contributed by atoms with Crippen molar-refractivity contribution in [2.45, 2.75) is 40.0 Å². The Morgan fingerprint density at radius 2 is 1.69 bits per heavy atom. The Kier molecular flexibility index (Phi) is 5.56. The van der Waals surface area contributed by atoms with Crippen molar-refractivity contribution in [1.82, 2.24) is 15.0 Å². The highest BCUT2D eigenvalue weighted by atomic mass is 35.5. The molecule has 0 bridgehead atoms. The van der Waals surface area contributed by atoms with Crippen molar-refractivity contribution < 1.29 is 15.0 Å². The summed E-state index contributed by atoms with van der Waals surface area (Å²) < 4.78 is 0. The molecule has 2 aromatic carbocycles. The number of phenolic OH excluding ortho intramolecular Hbond substituents is 1. The number of phenols is 1. The summed E-state index contributed by atoms with van der Waals surface area (Å²) in [4.78, 5) is 10.5. The van der Waals surface area contributed by atoms with E-state index in [2.05, 4.69) is 31.0 Å². The second-order valence-electron chi connectivity index (χ2n) is 7.07. The van der Waals surface area contributed by atoms with E-state index < -0.39 is 5.97 Å². The molecule has 0 atom stereocenters. The fourth-order valence-electron chi connectivity index (χ4n) is 2.48. The second kappa shape index (κ2) is 7.33. The molecule has 0 saturated carbocycles. The lowest BCUT2D eigenvalue weighted by Gasteiger charge is -2.22. The summed E-state index contributed by atoms with van der Waals surface area (Å²) in [5.74, 6) is -0.621. The molecule has 7 heteroatoms. The van der Waals surface area contributed by atoms with Crippen LogP contribution in [0.25, 0.3) is 16.7 Å². The van der Waals surface area contributed by atoms with Gasteiger partial charge < -0.3 is 10.2 Å². The van der Waals surface area contributed by atoms with Crippen molar-refractivity contribution in [2.24, 2.45) is 0 Å². The van der Waals surface area contributed by atoms with E-state index in [0.717, 1.165) is 23.6 Å². The van der Waals surface area contributed by atoms with Gasteiger partial charge >= 0.3 is 0 Å². The summed E-state index contributed by atoms with van der Waals surface area (Å²) in [6, 6.07) is 9.24. The third kappa shape index (κ3) is 4.52. The van der Waals surface area contributed by atoms with Crippen molar-refractivity contribution in [3.63, 3.8) is 0 Å². The van der Waals surface area contributed by atoms with Gasteiger partial charge in [-0.2, -0.15) is 0 Å². The maximum Gasteiger partial charge on any atom is 0.300 e. The lowest BCUT2D eigenvalue weighted by molar-refractivity contribution is -0.134. The highest BCUT2D eigenvalue weighted by Crippen LogP contribution is 2.36. The van der Waals surface area contributed by atoms with Crippen LogP contribution in [0.4, 0.5) is 0 Å². The van der Waals surface area contributed by atoms with Crippen molar-refractivity contribution in [3.8, 4) is 11.4 Å². The number of carbonyl (C=O) groups is 1. The quantitative estimate of drug-likeness (QED) is 0.654. The zero-order chi connectivity index (χ0) is 19.6. The lowest BCUT2D eigenvalue weighted by Crippen LogP contribution is -2.13. The minimum absolute atomic E-state index is 0.166. The van der Waals surface area contributed by atoms with Gasteiger partial charge in [0.05, 0.1) is 0 Å². The predicted molar refractivity (Wildman–Crippen MR) is 102 cm³/mol. The van der Waals surface area contributed by atoms with Crippen LogP contribution in [0.3, 0.4) is 0 Å². The van der Waals surface area contributed by atoms with Gasteiger partial charge in [0.1, 0.15) is 22.5 Å². The fourth-order valence-corrected chi connectivity index (χ4v) is 2.65. The number of aromatic hydroxyl groups is 1. The van der Waals surface area contributed by atoms with Crippen molar-refractivity contribution >= 4 is 28.6 Å². The molecule has 2 N–H and O–H groups in total. The molecule has 0 amide bonds. The van der Waals surface area contributed by atoms with Gasteiger partial charge in [-0.25, -0.2) is 0 Å². The summed E-state index contributed by atoms with van der Waals surface area (Å²) in [6.45, 7) is 9.28. The molecule has 0 fully saturated rings. The first-order chi connectivity index (χ1) is 12.0. The van der Waals surface area contributed by atoms with Crippen LogP contribution in [0.15, 0.2) is 30.3 Å². The molecule has 3 rings (SSSR count). The normalized spacial score (nSPS) is 11.2. The Balaban J connectivity index is 0.000000552. The van der Waals surface area contributed by atoms with Gasteiger partial charge in [-0.3, -0.25) is 4.79 Å². The van der Waals surface area contributed by atoms with Gasteiger partial charge in [0.25, 0.3) is 5.97 Å². The van der Waals surface area contributed by atoms with Crippen LogP contribution < -0.4 is 0 Å². The van der Waals surface area contributed by atoms with Crippen LogP contribution in [0, 0.1) is 6.92 Å². The van der Waals surface area contributed by atoms with Crippen LogP contribution in [0.5, 0.6) is 5.75 Å². The molecule has 6 nitrogen and oxygen atoms in total. The highest BCUT2D eigenvalue weighted by molar-refractivity contribution is 6.31. The molecule has 0 spiro atoms. The van der Waals surface area contributed by atoms with Gasteiger partial charge in [-0.05, 0) is 42.2 Å². The van der Waals surface area contributed by atoms with E-state index in [4.69, 9.17) is 21.5 Å². The molecule has 1 aromatic heterocycles. The van der Waals surface area contributed by atoms with E-state index in [1.54, 1.807) is 12.1 Å². The van der Waals surface area contributed by atoms with Crippen LogP contribution in [-0.2, 0) is 10.2 Å². The van der Waals surface area contributed by atoms with Crippen LogP contribution in [0.2, 0.25) is 5.02 Å². The number of aromatic nitrogens is 3. The number of hydrogen-bond donors (Lipinski definition) is 2. The number of fused-ring (bicyclic) bond motifs is 1. The summed E-state index contributed by atoms with van der Waals surface area (Å²) in [5, 5.41) is 27.6. The summed E-state index contributed by atoms with van der Waals surface area (Å²) in [6.07, 6.45) is 0. The Labute approximate surface area is 157 Å². The van der Waals surface area contributed by atoms with Gasteiger partial charge in [-0.1, -0.05) is 38.4 Å². The van der Waals surface area contributed by atoms with Crippen molar-refractivity contribution in [2.75, 3.05) is 0 Å². The average molecular weight is 376 g/mol. The van der Waals surface area contributed by atoms with Crippen molar-refractivity contribution in [1.29, 1.82) is 0 Å². The van der Waals surface area contributed by atoms with Crippen LogP contribution in [0.1, 0.15) is 38.8 Å². The minimum atomic E-state index is -0.833. The second-order valence-corrected chi connectivity index (χ2v) is 7.51. The Morgan fingerprint density at radius 3 is 2.27 bits per heavy atom. The van der Waals surface area contributed by atoms with E-state index in [-0.39, 0.29) is 11.2 Å². The minimum Gasteiger partial charge on any atom is -0.505 e. The maximum absolute atomic E-state index is 10.7. The molecular formula is C19H22ClN3O3. The standard InChI is InChI=1S/C17H18ClN3O.C2H4O2/c1-10-7-12(17(2,3)4)16(22)15(8-10)21-19-13-6-5-11(18)9-14(13)20-21;1-2(3)4/h5-9,22H,1-4H3;1H3,(H,3,4). The first kappa shape index (κ1) is 19.7. The number of halogens is 1. The highest BCUT2D eigenvalue weighted by Gasteiger charge is 2.22. The van der Waals surface area contributed by atoms with E-state index in [1.807, 2.05) is 25.1 Å². The third-order valence-electron chi connectivity index (χ3n) is 3.60. The molecule has 0 saturated heterocycles. The first-order valence-corrected chi connectivity index (χ1v) is 8.43. The van der Waals surface area contributed by atoms with Gasteiger partial charge in [0, 0.05) is 17.5 Å². The molecule has 1 heterocycles. The Morgan fingerprint density at radius 1 is 1.12 bits per heavy atom. The topological polar surface area (TPSA) is 88.2 Å². The van der Waals surface area contributed by atoms with Gasteiger partial charge in [0.2, 0.25) is 0 Å². The van der Waals surface area contributed by atoms with Crippen LogP contribution in [-0.4, -0.2) is 31.2 Å². The molecule has 0 aliphatic heterocycles.